The zero-order valence-corrected chi connectivity index (χ0v) is 11.0. The topological polar surface area (TPSA) is 69.6 Å². The van der Waals surface area contributed by atoms with Gasteiger partial charge in [-0.15, -0.1) is 11.3 Å². The molecule has 5 nitrogen and oxygen atoms in total. The van der Waals surface area contributed by atoms with Crippen LogP contribution in [-0.4, -0.2) is 35.1 Å². The van der Waals surface area contributed by atoms with E-state index in [0.717, 1.165) is 25.9 Å². The first-order chi connectivity index (χ1) is 8.61. The average Bonchev–Trinajstić information content (AvgIpc) is 2.96. The summed E-state index contributed by atoms with van der Waals surface area (Å²) in [5.74, 6) is -0.447. The predicted octanol–water partition coefficient (Wildman–Crippen LogP) is 2.71. The Labute approximate surface area is 109 Å². The fourth-order valence-corrected chi connectivity index (χ4v) is 2.87. The molecule has 1 saturated heterocycles. The Bertz CT molecular complexity index is 458. The van der Waals surface area contributed by atoms with Gasteiger partial charge in [-0.25, -0.2) is 9.59 Å². The van der Waals surface area contributed by atoms with Crippen molar-refractivity contribution in [2.75, 3.05) is 18.4 Å². The molecular formula is C12H16N2O3S. The third-order valence-electron chi connectivity index (χ3n) is 3.27. The van der Waals surface area contributed by atoms with Crippen molar-refractivity contribution >= 4 is 28.3 Å². The molecule has 1 aromatic rings. The molecule has 2 rings (SSSR count). The van der Waals surface area contributed by atoms with Crippen LogP contribution in [0.5, 0.6) is 0 Å². The highest BCUT2D eigenvalue weighted by atomic mass is 32.1. The lowest BCUT2D eigenvalue weighted by Crippen LogP contribution is -2.33. The second-order valence-electron chi connectivity index (χ2n) is 4.41. The summed E-state index contributed by atoms with van der Waals surface area (Å²) < 4.78 is 0. The molecule has 1 atom stereocenters. The van der Waals surface area contributed by atoms with Crippen LogP contribution in [0.2, 0.25) is 0 Å². The van der Waals surface area contributed by atoms with Gasteiger partial charge in [-0.05, 0) is 23.8 Å². The van der Waals surface area contributed by atoms with E-state index in [2.05, 4.69) is 12.2 Å². The van der Waals surface area contributed by atoms with Crippen LogP contribution in [0, 0.1) is 5.92 Å². The maximum Gasteiger partial charge on any atom is 0.338 e. The van der Waals surface area contributed by atoms with E-state index in [1.165, 1.54) is 17.4 Å². The number of likely N-dealkylation sites (tertiary alicyclic amines) is 1. The van der Waals surface area contributed by atoms with Gasteiger partial charge >= 0.3 is 12.0 Å². The molecule has 1 fully saturated rings. The number of thiophene rings is 1. The van der Waals surface area contributed by atoms with Gasteiger partial charge in [0.15, 0.2) is 0 Å². The van der Waals surface area contributed by atoms with Crippen molar-refractivity contribution in [3.05, 3.63) is 17.0 Å². The molecule has 0 spiro atoms. The Balaban J connectivity index is 1.99. The lowest BCUT2D eigenvalue weighted by molar-refractivity contribution is 0.0698. The summed E-state index contributed by atoms with van der Waals surface area (Å²) in [6, 6.07) is 1.30. The van der Waals surface area contributed by atoms with E-state index >= 15 is 0 Å². The van der Waals surface area contributed by atoms with Crippen molar-refractivity contribution in [2.24, 2.45) is 5.92 Å². The summed E-state index contributed by atoms with van der Waals surface area (Å²) in [6.07, 6.45) is 2.10. The van der Waals surface area contributed by atoms with Crippen LogP contribution in [0.25, 0.3) is 0 Å². The largest absolute Gasteiger partial charge is 0.478 e. The maximum absolute atomic E-state index is 12.0. The normalized spacial score (nSPS) is 18.9. The van der Waals surface area contributed by atoms with Crippen LogP contribution in [0.4, 0.5) is 9.80 Å². The number of rotatable bonds is 3. The van der Waals surface area contributed by atoms with Crippen LogP contribution in [0.1, 0.15) is 30.1 Å². The number of urea groups is 1. The van der Waals surface area contributed by atoms with E-state index in [4.69, 9.17) is 5.11 Å². The van der Waals surface area contributed by atoms with Crippen molar-refractivity contribution in [1.82, 2.24) is 4.90 Å². The molecule has 0 radical (unpaired) electrons. The summed E-state index contributed by atoms with van der Waals surface area (Å²) in [5.41, 5.74) is 0.152. The van der Waals surface area contributed by atoms with Gasteiger partial charge in [-0.1, -0.05) is 13.3 Å². The number of aromatic carboxylic acids is 1. The molecule has 6 heteroatoms. The maximum atomic E-state index is 12.0. The first-order valence-electron chi connectivity index (χ1n) is 5.98. The molecule has 1 aliphatic heterocycles. The van der Waals surface area contributed by atoms with Gasteiger partial charge in [-0.3, -0.25) is 5.32 Å². The highest BCUT2D eigenvalue weighted by Crippen LogP contribution is 2.25. The Hall–Kier alpha value is -1.56. The fraction of sp³-hybridized carbons (Fsp3) is 0.500. The molecular weight excluding hydrogens is 252 g/mol. The van der Waals surface area contributed by atoms with Crippen molar-refractivity contribution < 1.29 is 14.7 Å². The van der Waals surface area contributed by atoms with Gasteiger partial charge in [0, 0.05) is 13.1 Å². The van der Waals surface area contributed by atoms with Gasteiger partial charge in [0.1, 0.15) is 5.00 Å². The van der Waals surface area contributed by atoms with Crippen molar-refractivity contribution in [2.45, 2.75) is 19.8 Å². The van der Waals surface area contributed by atoms with Gasteiger partial charge in [-0.2, -0.15) is 0 Å². The highest BCUT2D eigenvalue weighted by molar-refractivity contribution is 7.14. The molecule has 1 aliphatic rings. The smallest absolute Gasteiger partial charge is 0.338 e. The Morgan fingerprint density at radius 1 is 1.61 bits per heavy atom. The van der Waals surface area contributed by atoms with Crippen molar-refractivity contribution in [1.29, 1.82) is 0 Å². The lowest BCUT2D eigenvalue weighted by atomic mass is 10.1. The predicted molar refractivity (Wildman–Crippen MR) is 70.3 cm³/mol. The number of hydrogen-bond donors (Lipinski definition) is 2. The van der Waals surface area contributed by atoms with Crippen LogP contribution in [-0.2, 0) is 0 Å². The van der Waals surface area contributed by atoms with E-state index in [-0.39, 0.29) is 11.6 Å². The van der Waals surface area contributed by atoms with Crippen LogP contribution in [0.15, 0.2) is 11.4 Å². The molecule has 1 aromatic heterocycles. The second kappa shape index (κ2) is 5.39. The molecule has 18 heavy (non-hydrogen) atoms. The number of nitrogens with zero attached hydrogens (tertiary/aromatic N) is 1. The molecule has 2 N–H and O–H groups in total. The minimum Gasteiger partial charge on any atom is -0.478 e. The molecule has 0 saturated carbocycles. The Kier molecular flexibility index (Phi) is 3.86. The lowest BCUT2D eigenvalue weighted by Gasteiger charge is -2.16. The van der Waals surface area contributed by atoms with E-state index in [0.29, 0.717) is 10.9 Å². The standard InChI is InChI=1S/C12H16N2O3S/c1-2-8-3-5-14(7-8)12(17)13-10-9(11(15)16)4-6-18-10/h4,6,8H,2-3,5,7H2,1H3,(H,13,17)(H,15,16). The van der Waals surface area contributed by atoms with Crippen molar-refractivity contribution in [3.8, 4) is 0 Å². The van der Waals surface area contributed by atoms with Crippen LogP contribution in [0.3, 0.4) is 0 Å². The first kappa shape index (κ1) is 12.9. The summed E-state index contributed by atoms with van der Waals surface area (Å²) in [4.78, 5) is 24.7. The minimum atomic E-state index is -1.01. The molecule has 1 unspecified atom stereocenters. The Morgan fingerprint density at radius 3 is 3.00 bits per heavy atom. The average molecular weight is 268 g/mol. The van der Waals surface area contributed by atoms with Crippen LogP contribution < -0.4 is 5.32 Å². The van der Waals surface area contributed by atoms with Crippen molar-refractivity contribution in [3.63, 3.8) is 0 Å². The third kappa shape index (κ3) is 2.64. The van der Waals surface area contributed by atoms with Gasteiger partial charge < -0.3 is 10.0 Å². The van der Waals surface area contributed by atoms with Gasteiger partial charge in [0.05, 0.1) is 5.56 Å². The SMILES string of the molecule is CCC1CCN(C(=O)Nc2sccc2C(=O)O)C1. The molecule has 0 bridgehead atoms. The zero-order chi connectivity index (χ0) is 13.1. The minimum absolute atomic E-state index is 0.152. The molecule has 2 amide bonds. The number of carboxylic acids is 1. The van der Waals surface area contributed by atoms with Crippen LogP contribution >= 0.6 is 11.3 Å². The number of anilines is 1. The number of amides is 2. The quantitative estimate of drug-likeness (QED) is 0.885. The second-order valence-corrected chi connectivity index (χ2v) is 5.32. The van der Waals surface area contributed by atoms with E-state index in [1.54, 1.807) is 10.3 Å². The Morgan fingerprint density at radius 2 is 2.39 bits per heavy atom. The molecule has 0 aromatic carbocycles. The number of carbonyl (C=O) groups excluding carboxylic acids is 1. The number of carbonyl (C=O) groups is 2. The highest BCUT2D eigenvalue weighted by Gasteiger charge is 2.26. The number of nitrogens with one attached hydrogen (secondary N) is 1. The molecule has 2 heterocycles. The summed E-state index contributed by atoms with van der Waals surface area (Å²) in [5, 5.41) is 13.7. The summed E-state index contributed by atoms with van der Waals surface area (Å²) in [6.45, 7) is 3.63. The molecule has 98 valence electrons. The first-order valence-corrected chi connectivity index (χ1v) is 6.86. The van der Waals surface area contributed by atoms with Gasteiger partial charge in [0.25, 0.3) is 0 Å². The van der Waals surface area contributed by atoms with Gasteiger partial charge in [0.2, 0.25) is 0 Å². The summed E-state index contributed by atoms with van der Waals surface area (Å²) in [7, 11) is 0. The molecule has 0 aliphatic carbocycles. The fourth-order valence-electron chi connectivity index (χ4n) is 2.10. The summed E-state index contributed by atoms with van der Waals surface area (Å²) >= 11 is 1.23. The third-order valence-corrected chi connectivity index (χ3v) is 4.10. The van der Waals surface area contributed by atoms with E-state index < -0.39 is 5.97 Å². The van der Waals surface area contributed by atoms with E-state index in [9.17, 15) is 9.59 Å². The number of carboxylic acid groups (broad SMARTS) is 1. The van der Waals surface area contributed by atoms with E-state index in [1.807, 2.05) is 0 Å². The zero-order valence-electron chi connectivity index (χ0n) is 10.2. The monoisotopic (exact) mass is 268 g/mol. The number of hydrogen-bond acceptors (Lipinski definition) is 3.